The molecule has 2 heterocycles. The minimum atomic E-state index is -0.780. The number of piperidine rings is 1. The van der Waals surface area contributed by atoms with Gasteiger partial charge in [0.2, 0.25) is 0 Å². The number of amides is 1. The van der Waals surface area contributed by atoms with E-state index in [1.165, 1.54) is 0 Å². The number of nitrogens with one attached hydrogen (secondary N) is 1. The Bertz CT molecular complexity index is 474. The van der Waals surface area contributed by atoms with E-state index in [4.69, 9.17) is 0 Å². The quantitative estimate of drug-likeness (QED) is 0.882. The Labute approximate surface area is 120 Å². The number of β-amino-alcohol motifs (C(OH)–C–C–N with tert-alkyl or cyclic N) is 1. The molecule has 5 nitrogen and oxygen atoms in total. The molecule has 0 radical (unpaired) electrons. The predicted molar refractivity (Wildman–Crippen MR) is 78.8 cm³/mol. The number of nitrogens with zero attached hydrogens (tertiary/aromatic N) is 2. The fourth-order valence-corrected chi connectivity index (χ4v) is 2.55. The van der Waals surface area contributed by atoms with E-state index in [1.807, 2.05) is 0 Å². The van der Waals surface area contributed by atoms with E-state index < -0.39 is 5.60 Å². The number of carbonyl (C=O) groups is 1. The SMILES string of the molecule is CCCNc1cnccc1C(=O)N1CCCC(C)(O)C1. The van der Waals surface area contributed by atoms with Crippen molar-refractivity contribution in [3.05, 3.63) is 24.0 Å². The second-order valence-corrected chi connectivity index (χ2v) is 5.68. The smallest absolute Gasteiger partial charge is 0.256 e. The van der Waals surface area contributed by atoms with Crippen molar-refractivity contribution in [2.75, 3.05) is 25.0 Å². The second kappa shape index (κ2) is 6.22. The number of anilines is 1. The van der Waals surface area contributed by atoms with Crippen LogP contribution >= 0.6 is 0 Å². The van der Waals surface area contributed by atoms with Crippen LogP contribution in [0.4, 0.5) is 5.69 Å². The van der Waals surface area contributed by atoms with Crippen LogP contribution in [0.15, 0.2) is 18.5 Å². The highest BCUT2D eigenvalue weighted by atomic mass is 16.3. The summed E-state index contributed by atoms with van der Waals surface area (Å²) in [7, 11) is 0. The van der Waals surface area contributed by atoms with Gasteiger partial charge in [-0.1, -0.05) is 6.92 Å². The van der Waals surface area contributed by atoms with Crippen LogP contribution in [0.2, 0.25) is 0 Å². The third-order valence-corrected chi connectivity index (χ3v) is 3.58. The van der Waals surface area contributed by atoms with Gasteiger partial charge in [0.25, 0.3) is 5.91 Å². The van der Waals surface area contributed by atoms with Crippen LogP contribution in [0.5, 0.6) is 0 Å². The number of rotatable bonds is 4. The third-order valence-electron chi connectivity index (χ3n) is 3.58. The summed E-state index contributed by atoms with van der Waals surface area (Å²) in [5, 5.41) is 13.4. The molecule has 1 aromatic rings. The number of carbonyl (C=O) groups excluding carboxylic acids is 1. The van der Waals surface area contributed by atoms with Crippen LogP contribution in [-0.4, -0.2) is 46.1 Å². The molecule has 1 saturated heterocycles. The largest absolute Gasteiger partial charge is 0.388 e. The number of pyridine rings is 1. The molecule has 110 valence electrons. The van der Waals surface area contributed by atoms with E-state index in [-0.39, 0.29) is 5.91 Å². The molecule has 1 amide bonds. The van der Waals surface area contributed by atoms with Gasteiger partial charge in [0.1, 0.15) is 0 Å². The van der Waals surface area contributed by atoms with Crippen LogP contribution in [-0.2, 0) is 0 Å². The van der Waals surface area contributed by atoms with Crippen LogP contribution in [0.3, 0.4) is 0 Å². The van der Waals surface area contributed by atoms with Crippen LogP contribution < -0.4 is 5.32 Å². The first-order valence-corrected chi connectivity index (χ1v) is 7.23. The Hall–Kier alpha value is -1.62. The average Bonchev–Trinajstić information content (AvgIpc) is 2.43. The molecule has 1 atom stereocenters. The van der Waals surface area contributed by atoms with Crippen molar-refractivity contribution in [3.8, 4) is 0 Å². The number of likely N-dealkylation sites (tertiary alicyclic amines) is 1. The molecule has 1 aliphatic rings. The van der Waals surface area contributed by atoms with Gasteiger partial charge in [0, 0.05) is 25.8 Å². The van der Waals surface area contributed by atoms with Gasteiger partial charge in [0.05, 0.1) is 23.0 Å². The van der Waals surface area contributed by atoms with Crippen molar-refractivity contribution in [2.45, 2.75) is 38.7 Å². The minimum absolute atomic E-state index is 0.0361. The summed E-state index contributed by atoms with van der Waals surface area (Å²) in [5.74, 6) is -0.0361. The van der Waals surface area contributed by atoms with Crippen molar-refractivity contribution in [3.63, 3.8) is 0 Å². The first-order chi connectivity index (χ1) is 9.53. The molecule has 0 aliphatic carbocycles. The summed E-state index contributed by atoms with van der Waals surface area (Å²) in [5.41, 5.74) is 0.619. The highest BCUT2D eigenvalue weighted by Crippen LogP contribution is 2.24. The van der Waals surface area contributed by atoms with Crippen molar-refractivity contribution in [1.29, 1.82) is 0 Å². The lowest BCUT2D eigenvalue weighted by Gasteiger charge is -2.37. The van der Waals surface area contributed by atoms with E-state index in [2.05, 4.69) is 17.2 Å². The minimum Gasteiger partial charge on any atom is -0.388 e. The summed E-state index contributed by atoms with van der Waals surface area (Å²) in [6.07, 6.45) is 5.88. The molecule has 20 heavy (non-hydrogen) atoms. The lowest BCUT2D eigenvalue weighted by Crippen LogP contribution is -2.48. The number of hydrogen-bond donors (Lipinski definition) is 2. The fraction of sp³-hybridized carbons (Fsp3) is 0.600. The predicted octanol–water partition coefficient (Wildman–Crippen LogP) is 1.89. The third kappa shape index (κ3) is 3.48. The van der Waals surface area contributed by atoms with Crippen LogP contribution in [0.25, 0.3) is 0 Å². The second-order valence-electron chi connectivity index (χ2n) is 5.68. The Kier molecular flexibility index (Phi) is 4.60. The van der Waals surface area contributed by atoms with Crippen molar-refractivity contribution >= 4 is 11.6 Å². The van der Waals surface area contributed by atoms with E-state index >= 15 is 0 Å². The topological polar surface area (TPSA) is 65.5 Å². The lowest BCUT2D eigenvalue weighted by atomic mass is 9.94. The summed E-state index contributed by atoms with van der Waals surface area (Å²) >= 11 is 0. The Morgan fingerprint density at radius 1 is 1.60 bits per heavy atom. The summed E-state index contributed by atoms with van der Waals surface area (Å²) in [4.78, 5) is 18.4. The maximum Gasteiger partial charge on any atom is 0.256 e. The molecular weight excluding hydrogens is 254 g/mol. The lowest BCUT2D eigenvalue weighted by molar-refractivity contribution is -0.0107. The first-order valence-electron chi connectivity index (χ1n) is 7.23. The number of aliphatic hydroxyl groups is 1. The van der Waals surface area contributed by atoms with Gasteiger partial charge >= 0.3 is 0 Å². The van der Waals surface area contributed by atoms with Gasteiger partial charge in [-0.15, -0.1) is 0 Å². The highest BCUT2D eigenvalue weighted by Gasteiger charge is 2.31. The molecule has 5 heteroatoms. The van der Waals surface area contributed by atoms with Gasteiger partial charge in [0.15, 0.2) is 0 Å². The van der Waals surface area contributed by atoms with Gasteiger partial charge in [-0.3, -0.25) is 9.78 Å². The van der Waals surface area contributed by atoms with Crippen molar-refractivity contribution < 1.29 is 9.90 Å². The van der Waals surface area contributed by atoms with E-state index in [9.17, 15) is 9.90 Å². The summed E-state index contributed by atoms with van der Waals surface area (Å²) < 4.78 is 0. The average molecular weight is 277 g/mol. The molecular formula is C15H23N3O2. The van der Waals surface area contributed by atoms with Gasteiger partial charge in [-0.05, 0) is 32.3 Å². The van der Waals surface area contributed by atoms with E-state index in [0.29, 0.717) is 18.7 Å². The number of hydrogen-bond acceptors (Lipinski definition) is 4. The molecule has 0 spiro atoms. The first kappa shape index (κ1) is 14.8. The normalized spacial score (nSPS) is 22.6. The molecule has 0 aromatic carbocycles. The fourth-order valence-electron chi connectivity index (χ4n) is 2.55. The molecule has 2 rings (SSSR count). The van der Waals surface area contributed by atoms with Gasteiger partial charge in [-0.2, -0.15) is 0 Å². The Morgan fingerprint density at radius 2 is 2.40 bits per heavy atom. The molecule has 2 N–H and O–H groups in total. The Balaban J connectivity index is 2.16. The zero-order valence-corrected chi connectivity index (χ0v) is 12.2. The van der Waals surface area contributed by atoms with Crippen molar-refractivity contribution in [2.24, 2.45) is 0 Å². The molecule has 0 saturated carbocycles. The standard InChI is InChI=1S/C15H23N3O2/c1-3-7-17-13-10-16-8-5-12(13)14(19)18-9-4-6-15(2,20)11-18/h5,8,10,17,20H,3-4,6-7,9,11H2,1-2H3. The maximum absolute atomic E-state index is 12.6. The zero-order chi connectivity index (χ0) is 14.6. The molecule has 1 fully saturated rings. The monoisotopic (exact) mass is 277 g/mol. The summed E-state index contributed by atoms with van der Waals surface area (Å²) in [6, 6.07) is 1.74. The molecule has 1 unspecified atom stereocenters. The van der Waals surface area contributed by atoms with E-state index in [0.717, 1.165) is 31.5 Å². The summed E-state index contributed by atoms with van der Waals surface area (Å²) in [6.45, 7) is 5.76. The van der Waals surface area contributed by atoms with E-state index in [1.54, 1.807) is 30.3 Å². The van der Waals surface area contributed by atoms with Gasteiger partial charge < -0.3 is 15.3 Å². The Morgan fingerprint density at radius 3 is 3.10 bits per heavy atom. The highest BCUT2D eigenvalue weighted by molar-refractivity contribution is 5.99. The van der Waals surface area contributed by atoms with Crippen LogP contribution in [0, 0.1) is 0 Å². The zero-order valence-electron chi connectivity index (χ0n) is 12.2. The maximum atomic E-state index is 12.6. The van der Waals surface area contributed by atoms with Crippen molar-refractivity contribution in [1.82, 2.24) is 9.88 Å². The van der Waals surface area contributed by atoms with Gasteiger partial charge in [-0.25, -0.2) is 0 Å². The van der Waals surface area contributed by atoms with Crippen LogP contribution in [0.1, 0.15) is 43.5 Å². The molecule has 0 bridgehead atoms. The molecule has 1 aliphatic heterocycles. The number of aromatic nitrogens is 1. The molecule has 1 aromatic heterocycles.